The third kappa shape index (κ3) is 6.98. The molecule has 8 heteroatoms. The van der Waals surface area contributed by atoms with Gasteiger partial charge in [-0.3, -0.25) is 5.43 Å². The molecular formula is C20H28N3O3S2-. The number of thiocarbonyl (C=S) groups is 1. The molecular weight excluding hydrogens is 394 g/mol. The summed E-state index contributed by atoms with van der Waals surface area (Å²) in [6, 6.07) is 6.15. The van der Waals surface area contributed by atoms with Crippen LogP contribution in [0.5, 0.6) is 5.75 Å². The van der Waals surface area contributed by atoms with Crippen molar-refractivity contribution in [2.24, 2.45) is 11.0 Å². The number of nitrogens with zero attached hydrogens (tertiary/aromatic N) is 1. The lowest BCUT2D eigenvalue weighted by Gasteiger charge is -2.30. The average Bonchev–Trinajstić information content (AvgIpc) is 2.67. The van der Waals surface area contributed by atoms with Gasteiger partial charge in [-0.1, -0.05) is 19.8 Å². The summed E-state index contributed by atoms with van der Waals surface area (Å²) in [6.45, 7) is 4.16. The molecule has 0 heterocycles. The molecule has 28 heavy (non-hydrogen) atoms. The Bertz CT molecular complexity index is 725. The van der Waals surface area contributed by atoms with Gasteiger partial charge in [0, 0.05) is 23.1 Å². The van der Waals surface area contributed by atoms with Crippen LogP contribution in [-0.4, -0.2) is 35.7 Å². The number of carboxylic acids is 1. The number of methoxy groups -OCH3 is 1. The Labute approximate surface area is 176 Å². The molecule has 1 fully saturated rings. The molecule has 0 saturated heterocycles. The highest BCUT2D eigenvalue weighted by Crippen LogP contribution is 2.25. The number of hydrogen-bond acceptors (Lipinski definition) is 6. The molecule has 1 aliphatic rings. The lowest BCUT2D eigenvalue weighted by molar-refractivity contribution is -0.301. The predicted octanol–water partition coefficient (Wildman–Crippen LogP) is 2.45. The summed E-state index contributed by atoms with van der Waals surface area (Å²) in [5.41, 5.74) is 5.56. The number of carbonyl (C=O) groups excluding carboxylic acids is 1. The lowest BCUT2D eigenvalue weighted by Crippen LogP contribution is -2.44. The van der Waals surface area contributed by atoms with E-state index in [4.69, 9.17) is 17.0 Å². The SMILES string of the molecule is COc1ccc(/C(C)=N\NC(=S)N[C@@H]2CCCC[C@H]2C)cc1CSCC(=O)[O-]. The maximum atomic E-state index is 10.6. The third-order valence-electron chi connectivity index (χ3n) is 4.93. The molecule has 2 rings (SSSR count). The number of thioether (sulfide) groups is 1. The summed E-state index contributed by atoms with van der Waals surface area (Å²) in [5.74, 6) is 0.725. The minimum Gasteiger partial charge on any atom is -0.549 e. The molecule has 6 nitrogen and oxygen atoms in total. The van der Waals surface area contributed by atoms with E-state index in [2.05, 4.69) is 22.8 Å². The first-order chi connectivity index (χ1) is 13.4. The van der Waals surface area contributed by atoms with E-state index in [0.29, 0.717) is 22.8 Å². The van der Waals surface area contributed by atoms with Crippen molar-refractivity contribution in [2.75, 3.05) is 12.9 Å². The van der Waals surface area contributed by atoms with Crippen molar-refractivity contribution < 1.29 is 14.6 Å². The summed E-state index contributed by atoms with van der Waals surface area (Å²) in [7, 11) is 1.60. The first-order valence-electron chi connectivity index (χ1n) is 9.46. The lowest BCUT2D eigenvalue weighted by atomic mass is 9.86. The van der Waals surface area contributed by atoms with Crippen LogP contribution < -0.4 is 20.6 Å². The van der Waals surface area contributed by atoms with Crippen LogP contribution in [0.25, 0.3) is 0 Å². The number of aliphatic carboxylic acids is 1. The van der Waals surface area contributed by atoms with Gasteiger partial charge in [0.15, 0.2) is 5.11 Å². The Morgan fingerprint density at radius 2 is 2.14 bits per heavy atom. The molecule has 1 aromatic rings. The minimum atomic E-state index is -1.07. The monoisotopic (exact) mass is 422 g/mol. The number of ether oxygens (including phenoxy) is 1. The van der Waals surface area contributed by atoms with E-state index in [1.165, 1.54) is 31.0 Å². The highest BCUT2D eigenvalue weighted by molar-refractivity contribution is 7.99. The summed E-state index contributed by atoms with van der Waals surface area (Å²) in [6.07, 6.45) is 4.89. The van der Waals surface area contributed by atoms with Gasteiger partial charge in [0.05, 0.1) is 18.8 Å². The summed E-state index contributed by atoms with van der Waals surface area (Å²) < 4.78 is 5.37. The van der Waals surface area contributed by atoms with Gasteiger partial charge in [-0.05, 0) is 61.7 Å². The maximum Gasteiger partial charge on any atom is 0.187 e. The number of hydrazone groups is 1. The fraction of sp³-hybridized carbons (Fsp3) is 0.550. The van der Waals surface area contributed by atoms with Gasteiger partial charge in [0.25, 0.3) is 0 Å². The second-order valence-electron chi connectivity index (χ2n) is 7.04. The smallest absolute Gasteiger partial charge is 0.187 e. The van der Waals surface area contributed by atoms with Crippen molar-refractivity contribution >= 4 is 40.8 Å². The molecule has 2 atom stereocenters. The standard InChI is InChI=1S/C20H29N3O3S2/c1-13-6-4-5-7-17(13)21-20(27)23-22-14(2)15-8-9-18(26-3)16(10-15)11-28-12-19(24)25/h8-10,13,17H,4-7,11-12H2,1-3H3,(H,24,25)(H2,21,23,27)/p-1/b22-14-/t13-,17-/m1/s1. The highest BCUT2D eigenvalue weighted by atomic mass is 32.2. The van der Waals surface area contributed by atoms with E-state index in [1.807, 2.05) is 25.1 Å². The van der Waals surface area contributed by atoms with Crippen LogP contribution >= 0.6 is 24.0 Å². The van der Waals surface area contributed by atoms with Gasteiger partial charge in [0.1, 0.15) is 5.75 Å². The van der Waals surface area contributed by atoms with E-state index in [1.54, 1.807) is 7.11 Å². The molecule has 0 spiro atoms. The van der Waals surface area contributed by atoms with Crippen molar-refractivity contribution in [3.63, 3.8) is 0 Å². The molecule has 0 radical (unpaired) electrons. The number of nitrogens with one attached hydrogen (secondary N) is 2. The number of carboxylic acid groups (broad SMARTS) is 1. The van der Waals surface area contributed by atoms with Crippen LogP contribution in [-0.2, 0) is 10.5 Å². The third-order valence-corrected chi connectivity index (χ3v) is 6.09. The number of carbonyl (C=O) groups is 1. The average molecular weight is 423 g/mol. The zero-order valence-electron chi connectivity index (χ0n) is 16.6. The Balaban J connectivity index is 1.98. The fourth-order valence-corrected chi connectivity index (χ4v) is 4.20. The second-order valence-corrected chi connectivity index (χ2v) is 8.44. The zero-order valence-corrected chi connectivity index (χ0v) is 18.3. The van der Waals surface area contributed by atoms with Crippen molar-refractivity contribution in [2.45, 2.75) is 51.3 Å². The van der Waals surface area contributed by atoms with Crippen LogP contribution in [0.4, 0.5) is 0 Å². The molecule has 0 aromatic heterocycles. The molecule has 0 aliphatic heterocycles. The highest BCUT2D eigenvalue weighted by Gasteiger charge is 2.21. The van der Waals surface area contributed by atoms with Crippen molar-refractivity contribution in [1.29, 1.82) is 0 Å². The van der Waals surface area contributed by atoms with Crippen LogP contribution in [0.2, 0.25) is 0 Å². The fourth-order valence-electron chi connectivity index (χ4n) is 3.29. The Morgan fingerprint density at radius 3 is 2.82 bits per heavy atom. The van der Waals surface area contributed by atoms with Gasteiger partial charge >= 0.3 is 0 Å². The van der Waals surface area contributed by atoms with Crippen molar-refractivity contribution in [3.05, 3.63) is 29.3 Å². The van der Waals surface area contributed by atoms with Gasteiger partial charge in [-0.2, -0.15) is 16.9 Å². The van der Waals surface area contributed by atoms with Crippen LogP contribution in [0, 0.1) is 5.92 Å². The van der Waals surface area contributed by atoms with Crippen molar-refractivity contribution in [3.8, 4) is 5.75 Å². The van der Waals surface area contributed by atoms with Crippen LogP contribution in [0.3, 0.4) is 0 Å². The normalized spacial score (nSPS) is 19.8. The quantitative estimate of drug-likeness (QED) is 0.378. The number of benzene rings is 1. The van der Waals surface area contributed by atoms with E-state index in [0.717, 1.165) is 29.0 Å². The van der Waals surface area contributed by atoms with E-state index < -0.39 is 5.97 Å². The van der Waals surface area contributed by atoms with Crippen LogP contribution in [0.1, 0.15) is 50.7 Å². The van der Waals surface area contributed by atoms with Crippen LogP contribution in [0.15, 0.2) is 23.3 Å². The van der Waals surface area contributed by atoms with Gasteiger partial charge in [-0.15, -0.1) is 0 Å². The van der Waals surface area contributed by atoms with Gasteiger partial charge in [-0.25, -0.2) is 0 Å². The van der Waals surface area contributed by atoms with Crippen molar-refractivity contribution in [1.82, 2.24) is 10.7 Å². The van der Waals surface area contributed by atoms with E-state index in [-0.39, 0.29) is 5.75 Å². The molecule has 1 aromatic carbocycles. The van der Waals surface area contributed by atoms with Gasteiger partial charge < -0.3 is 20.0 Å². The molecule has 1 aliphatic carbocycles. The number of hydrogen-bond donors (Lipinski definition) is 2. The summed E-state index contributed by atoms with van der Waals surface area (Å²) in [5, 5.41) is 18.9. The van der Waals surface area contributed by atoms with E-state index in [9.17, 15) is 9.90 Å². The molecule has 2 N–H and O–H groups in total. The second kappa shape index (κ2) is 11.3. The zero-order chi connectivity index (χ0) is 20.5. The minimum absolute atomic E-state index is 0.0540. The Kier molecular flexibility index (Phi) is 9.05. The van der Waals surface area contributed by atoms with E-state index >= 15 is 0 Å². The predicted molar refractivity (Wildman–Crippen MR) is 117 cm³/mol. The Morgan fingerprint density at radius 1 is 1.39 bits per heavy atom. The van der Waals surface area contributed by atoms with Gasteiger partial charge in [0.2, 0.25) is 0 Å². The largest absolute Gasteiger partial charge is 0.549 e. The summed E-state index contributed by atoms with van der Waals surface area (Å²) in [4.78, 5) is 10.6. The molecule has 0 bridgehead atoms. The molecule has 0 amide bonds. The maximum absolute atomic E-state index is 10.6. The first-order valence-corrected chi connectivity index (χ1v) is 11.0. The topological polar surface area (TPSA) is 85.8 Å². The number of rotatable bonds is 8. The first kappa shape index (κ1) is 22.5. The summed E-state index contributed by atoms with van der Waals surface area (Å²) >= 11 is 6.66. The Hall–Kier alpha value is -1.80. The molecule has 1 saturated carbocycles. The molecule has 0 unspecified atom stereocenters. The molecule has 154 valence electrons.